The summed E-state index contributed by atoms with van der Waals surface area (Å²) in [5, 5.41) is 6.22. The van der Waals surface area contributed by atoms with Gasteiger partial charge >= 0.3 is 0 Å². The number of benzene rings is 1. The number of hydrogen-bond acceptors (Lipinski definition) is 5. The third-order valence-electron chi connectivity index (χ3n) is 2.82. The average Bonchev–Trinajstić information content (AvgIpc) is 2.88. The summed E-state index contributed by atoms with van der Waals surface area (Å²) in [5.41, 5.74) is 2.24. The second-order valence-electron chi connectivity index (χ2n) is 4.32. The fraction of sp³-hybridized carbons (Fsp3) is 0.357. The highest BCUT2D eigenvalue weighted by molar-refractivity contribution is 7.13. The van der Waals surface area contributed by atoms with Gasteiger partial charge in [-0.3, -0.25) is 0 Å². The molecule has 0 spiro atoms. The lowest BCUT2D eigenvalue weighted by atomic mass is 10.2. The summed E-state index contributed by atoms with van der Waals surface area (Å²) in [6.45, 7) is 1.59. The molecule has 4 nitrogen and oxygen atoms in total. The topological polar surface area (TPSA) is 37.4 Å². The predicted octanol–water partition coefficient (Wildman–Crippen LogP) is 2.51. The highest BCUT2D eigenvalue weighted by Crippen LogP contribution is 2.24. The van der Waals surface area contributed by atoms with Crippen LogP contribution in [0.5, 0.6) is 5.75 Å². The van der Waals surface area contributed by atoms with E-state index in [0.717, 1.165) is 35.2 Å². The molecule has 0 radical (unpaired) electrons. The second kappa shape index (κ2) is 6.54. The minimum Gasteiger partial charge on any atom is -0.496 e. The van der Waals surface area contributed by atoms with Gasteiger partial charge in [-0.1, -0.05) is 18.2 Å². The summed E-state index contributed by atoms with van der Waals surface area (Å²) in [7, 11) is 5.68. The van der Waals surface area contributed by atoms with Gasteiger partial charge in [-0.05, 0) is 13.1 Å². The molecular formula is C14H19N3OS. The zero-order valence-electron chi connectivity index (χ0n) is 11.5. The molecule has 0 aliphatic carbocycles. The normalized spacial score (nSPS) is 10.5. The Hall–Kier alpha value is -1.59. The summed E-state index contributed by atoms with van der Waals surface area (Å²) in [4.78, 5) is 6.73. The minimum atomic E-state index is 0.788. The number of anilines is 1. The van der Waals surface area contributed by atoms with Crippen molar-refractivity contribution in [3.05, 3.63) is 40.9 Å². The summed E-state index contributed by atoms with van der Waals surface area (Å²) >= 11 is 1.66. The molecule has 0 aliphatic rings. The summed E-state index contributed by atoms with van der Waals surface area (Å²) in [5.74, 6) is 0.918. The molecule has 19 heavy (non-hydrogen) atoms. The second-order valence-corrected chi connectivity index (χ2v) is 5.16. The van der Waals surface area contributed by atoms with Crippen LogP contribution < -0.4 is 15.0 Å². The Morgan fingerprint density at radius 1 is 1.37 bits per heavy atom. The van der Waals surface area contributed by atoms with Gasteiger partial charge in [-0.15, -0.1) is 11.3 Å². The molecule has 1 aromatic carbocycles. The van der Waals surface area contributed by atoms with Gasteiger partial charge in [-0.2, -0.15) is 0 Å². The van der Waals surface area contributed by atoms with E-state index in [2.05, 4.69) is 33.7 Å². The van der Waals surface area contributed by atoms with Gasteiger partial charge in [0.1, 0.15) is 5.75 Å². The Labute approximate surface area is 118 Å². The first-order valence-corrected chi connectivity index (χ1v) is 7.04. The standard InChI is InChI=1S/C14H19N3OS/c1-15-8-12-10-19-14(16-12)17(2)9-11-6-4-5-7-13(11)18-3/h4-7,10,15H,8-9H2,1-3H3. The van der Waals surface area contributed by atoms with E-state index >= 15 is 0 Å². The van der Waals surface area contributed by atoms with Gasteiger partial charge in [-0.25, -0.2) is 4.98 Å². The molecule has 5 heteroatoms. The quantitative estimate of drug-likeness (QED) is 0.880. The lowest BCUT2D eigenvalue weighted by Gasteiger charge is -2.17. The maximum absolute atomic E-state index is 5.37. The molecule has 0 unspecified atom stereocenters. The van der Waals surface area contributed by atoms with E-state index in [0.29, 0.717) is 0 Å². The molecule has 1 heterocycles. The largest absolute Gasteiger partial charge is 0.496 e. The number of aromatic nitrogens is 1. The summed E-state index contributed by atoms with van der Waals surface area (Å²) in [6, 6.07) is 8.08. The van der Waals surface area contributed by atoms with Gasteiger partial charge in [0.05, 0.1) is 12.8 Å². The molecule has 0 amide bonds. The average molecular weight is 277 g/mol. The number of ether oxygens (including phenoxy) is 1. The first-order chi connectivity index (χ1) is 9.24. The Bertz CT molecular complexity index is 527. The van der Waals surface area contributed by atoms with Crippen molar-refractivity contribution in [2.45, 2.75) is 13.1 Å². The van der Waals surface area contributed by atoms with Crippen molar-refractivity contribution in [1.29, 1.82) is 0 Å². The van der Waals surface area contributed by atoms with Crippen molar-refractivity contribution in [2.24, 2.45) is 0 Å². The number of nitrogens with one attached hydrogen (secondary N) is 1. The van der Waals surface area contributed by atoms with Crippen molar-refractivity contribution in [2.75, 3.05) is 26.1 Å². The molecule has 1 N–H and O–H groups in total. The van der Waals surface area contributed by atoms with E-state index in [4.69, 9.17) is 4.74 Å². The molecule has 0 atom stereocenters. The van der Waals surface area contributed by atoms with Crippen LogP contribution in [0.15, 0.2) is 29.6 Å². The van der Waals surface area contributed by atoms with Crippen molar-refractivity contribution >= 4 is 16.5 Å². The molecule has 1 aromatic heterocycles. The van der Waals surface area contributed by atoms with E-state index in [-0.39, 0.29) is 0 Å². The van der Waals surface area contributed by atoms with Gasteiger partial charge < -0.3 is 15.0 Å². The Morgan fingerprint density at radius 2 is 2.16 bits per heavy atom. The van der Waals surface area contributed by atoms with Crippen molar-refractivity contribution < 1.29 is 4.74 Å². The molecule has 0 saturated heterocycles. The molecular weight excluding hydrogens is 258 g/mol. The van der Waals surface area contributed by atoms with Crippen molar-refractivity contribution in [1.82, 2.24) is 10.3 Å². The molecule has 2 aromatic rings. The van der Waals surface area contributed by atoms with Crippen LogP contribution in [0.25, 0.3) is 0 Å². The molecule has 0 fully saturated rings. The van der Waals surface area contributed by atoms with Gasteiger partial charge in [0, 0.05) is 31.1 Å². The molecule has 0 aliphatic heterocycles. The third kappa shape index (κ3) is 3.45. The maximum atomic E-state index is 5.37. The van der Waals surface area contributed by atoms with Gasteiger partial charge in [0.2, 0.25) is 0 Å². The predicted molar refractivity (Wildman–Crippen MR) is 80.0 cm³/mol. The first-order valence-electron chi connectivity index (χ1n) is 6.16. The third-order valence-corrected chi connectivity index (χ3v) is 3.83. The monoisotopic (exact) mass is 277 g/mol. The highest BCUT2D eigenvalue weighted by atomic mass is 32.1. The van der Waals surface area contributed by atoms with E-state index in [1.807, 2.05) is 25.2 Å². The van der Waals surface area contributed by atoms with Crippen LogP contribution in [0.2, 0.25) is 0 Å². The number of para-hydroxylation sites is 1. The molecule has 0 bridgehead atoms. The summed E-state index contributed by atoms with van der Waals surface area (Å²) in [6.07, 6.45) is 0. The van der Waals surface area contributed by atoms with E-state index in [9.17, 15) is 0 Å². The smallest absolute Gasteiger partial charge is 0.185 e. The van der Waals surface area contributed by atoms with Crippen LogP contribution >= 0.6 is 11.3 Å². The van der Waals surface area contributed by atoms with Crippen LogP contribution in [-0.2, 0) is 13.1 Å². The highest BCUT2D eigenvalue weighted by Gasteiger charge is 2.10. The minimum absolute atomic E-state index is 0.788. The Morgan fingerprint density at radius 3 is 2.89 bits per heavy atom. The first kappa shape index (κ1) is 13.8. The maximum Gasteiger partial charge on any atom is 0.185 e. The van der Waals surface area contributed by atoms with E-state index < -0.39 is 0 Å². The van der Waals surface area contributed by atoms with Crippen LogP contribution in [-0.4, -0.2) is 26.2 Å². The Kier molecular flexibility index (Phi) is 4.76. The number of methoxy groups -OCH3 is 1. The number of rotatable bonds is 6. The number of thiazole rings is 1. The van der Waals surface area contributed by atoms with E-state index in [1.165, 1.54) is 0 Å². The number of nitrogens with zero attached hydrogens (tertiary/aromatic N) is 2. The number of hydrogen-bond donors (Lipinski definition) is 1. The fourth-order valence-electron chi connectivity index (χ4n) is 1.89. The van der Waals surface area contributed by atoms with Crippen LogP contribution in [0.4, 0.5) is 5.13 Å². The van der Waals surface area contributed by atoms with Crippen LogP contribution in [0.3, 0.4) is 0 Å². The van der Waals surface area contributed by atoms with Gasteiger partial charge in [0.25, 0.3) is 0 Å². The Balaban J connectivity index is 2.09. The molecule has 0 saturated carbocycles. The van der Waals surface area contributed by atoms with Crippen LogP contribution in [0.1, 0.15) is 11.3 Å². The lowest BCUT2D eigenvalue weighted by molar-refractivity contribution is 0.409. The SMILES string of the molecule is CNCc1csc(N(C)Cc2ccccc2OC)n1. The van der Waals surface area contributed by atoms with Crippen LogP contribution in [0, 0.1) is 0 Å². The van der Waals surface area contributed by atoms with Gasteiger partial charge in [0.15, 0.2) is 5.13 Å². The fourth-order valence-corrected chi connectivity index (χ4v) is 2.68. The molecule has 2 rings (SSSR count). The van der Waals surface area contributed by atoms with E-state index in [1.54, 1.807) is 18.4 Å². The summed E-state index contributed by atoms with van der Waals surface area (Å²) < 4.78 is 5.37. The molecule has 102 valence electrons. The zero-order valence-corrected chi connectivity index (χ0v) is 12.3. The zero-order chi connectivity index (χ0) is 13.7. The lowest BCUT2D eigenvalue weighted by Crippen LogP contribution is -2.17. The van der Waals surface area contributed by atoms with Crippen molar-refractivity contribution in [3.8, 4) is 5.75 Å². The van der Waals surface area contributed by atoms with Crippen molar-refractivity contribution in [3.63, 3.8) is 0 Å².